The van der Waals surface area contributed by atoms with Crippen molar-refractivity contribution >= 4 is 40.1 Å². The molecular formula is C21H20F3N5O4S2. The van der Waals surface area contributed by atoms with Crippen molar-refractivity contribution in [2.24, 2.45) is 0 Å². The zero-order valence-corrected chi connectivity index (χ0v) is 20.1. The summed E-state index contributed by atoms with van der Waals surface area (Å²) < 4.78 is 47.9. The maximum atomic E-state index is 12.9. The lowest BCUT2D eigenvalue weighted by atomic mass is 10.1. The van der Waals surface area contributed by atoms with Gasteiger partial charge in [-0.05, 0) is 25.1 Å². The van der Waals surface area contributed by atoms with E-state index in [1.54, 1.807) is 5.51 Å². The van der Waals surface area contributed by atoms with Crippen LogP contribution in [0.15, 0.2) is 23.7 Å². The van der Waals surface area contributed by atoms with Crippen molar-refractivity contribution in [2.45, 2.75) is 19.7 Å². The fourth-order valence-corrected chi connectivity index (χ4v) is 4.87. The Morgan fingerprint density at radius 3 is 2.69 bits per heavy atom. The highest BCUT2D eigenvalue weighted by Crippen LogP contribution is 2.32. The Labute approximate surface area is 205 Å². The number of Topliss-reactive ketones (excluding diaryl/α,β-unsaturated/α-hetero) is 1. The highest BCUT2D eigenvalue weighted by atomic mass is 32.1. The summed E-state index contributed by atoms with van der Waals surface area (Å²) in [5, 5.41) is 11.6. The minimum Gasteiger partial charge on any atom is -0.404 e. The van der Waals surface area contributed by atoms with E-state index in [-0.39, 0.29) is 24.2 Å². The van der Waals surface area contributed by atoms with Crippen molar-refractivity contribution in [3.8, 4) is 16.5 Å². The second-order valence-corrected chi connectivity index (χ2v) is 9.67. The summed E-state index contributed by atoms with van der Waals surface area (Å²) in [6.45, 7) is 3.86. The van der Waals surface area contributed by atoms with Gasteiger partial charge in [-0.2, -0.15) is 0 Å². The van der Waals surface area contributed by atoms with Gasteiger partial charge in [-0.15, -0.1) is 34.7 Å². The molecule has 0 saturated carbocycles. The first-order chi connectivity index (χ1) is 16.7. The van der Waals surface area contributed by atoms with E-state index in [4.69, 9.17) is 4.74 Å². The molecule has 1 aliphatic heterocycles. The van der Waals surface area contributed by atoms with Crippen molar-refractivity contribution in [3.05, 3.63) is 39.2 Å². The molecule has 4 rings (SSSR count). The molecule has 0 radical (unpaired) electrons. The van der Waals surface area contributed by atoms with Gasteiger partial charge in [0.05, 0.1) is 37.4 Å². The van der Waals surface area contributed by atoms with E-state index in [0.29, 0.717) is 42.0 Å². The summed E-state index contributed by atoms with van der Waals surface area (Å²) in [4.78, 5) is 32.4. The smallest absolute Gasteiger partial charge is 0.404 e. The molecule has 1 aromatic carbocycles. The quantitative estimate of drug-likeness (QED) is 0.444. The monoisotopic (exact) mass is 527 g/mol. The number of benzene rings is 1. The highest BCUT2D eigenvalue weighted by molar-refractivity contribution is 7.15. The molecule has 0 bridgehead atoms. The first kappa shape index (κ1) is 25.2. The van der Waals surface area contributed by atoms with Crippen LogP contribution in [-0.4, -0.2) is 71.0 Å². The molecule has 1 fully saturated rings. The Morgan fingerprint density at radius 1 is 1.23 bits per heavy atom. The molecule has 9 nitrogen and oxygen atoms in total. The number of alkyl halides is 3. The van der Waals surface area contributed by atoms with Gasteiger partial charge in [0.15, 0.2) is 16.5 Å². The number of nitrogens with one attached hydrogen (secondary N) is 1. The van der Waals surface area contributed by atoms with Crippen LogP contribution in [0.3, 0.4) is 0 Å². The van der Waals surface area contributed by atoms with Crippen LogP contribution in [0.4, 0.5) is 18.9 Å². The summed E-state index contributed by atoms with van der Waals surface area (Å²) in [5.74, 6) is -1.54. The van der Waals surface area contributed by atoms with Crippen LogP contribution in [0.25, 0.3) is 10.7 Å². The Morgan fingerprint density at radius 2 is 2.00 bits per heavy atom. The van der Waals surface area contributed by atoms with E-state index in [1.165, 1.54) is 34.8 Å². The maximum absolute atomic E-state index is 12.9. The molecule has 0 unspecified atom stereocenters. The Bertz CT molecular complexity index is 1210. The highest BCUT2D eigenvalue weighted by Gasteiger charge is 2.32. The first-order valence-electron chi connectivity index (χ1n) is 10.4. The van der Waals surface area contributed by atoms with E-state index in [0.717, 1.165) is 10.9 Å². The number of amides is 1. The average molecular weight is 528 g/mol. The second-order valence-electron chi connectivity index (χ2n) is 7.55. The van der Waals surface area contributed by atoms with Crippen LogP contribution in [0, 0.1) is 6.92 Å². The molecule has 2 aromatic heterocycles. The van der Waals surface area contributed by atoms with Crippen molar-refractivity contribution in [1.82, 2.24) is 20.1 Å². The molecule has 0 atom stereocenters. The predicted molar refractivity (Wildman–Crippen MR) is 123 cm³/mol. The van der Waals surface area contributed by atoms with Gasteiger partial charge in [0.1, 0.15) is 10.7 Å². The summed E-state index contributed by atoms with van der Waals surface area (Å²) in [7, 11) is 0. The van der Waals surface area contributed by atoms with E-state index in [9.17, 15) is 22.8 Å². The number of aromatic nitrogens is 3. The number of aryl methyl sites for hydroxylation is 1. The molecule has 3 aromatic rings. The number of halogens is 3. The van der Waals surface area contributed by atoms with Crippen molar-refractivity contribution in [2.75, 3.05) is 38.2 Å². The van der Waals surface area contributed by atoms with Crippen LogP contribution >= 0.6 is 22.7 Å². The van der Waals surface area contributed by atoms with Gasteiger partial charge in [-0.25, -0.2) is 4.98 Å². The van der Waals surface area contributed by atoms with Crippen LogP contribution < -0.4 is 10.1 Å². The number of rotatable bonds is 8. The first-order valence-corrected chi connectivity index (χ1v) is 12.1. The predicted octanol–water partition coefficient (Wildman–Crippen LogP) is 3.56. The van der Waals surface area contributed by atoms with Gasteiger partial charge >= 0.3 is 6.36 Å². The van der Waals surface area contributed by atoms with Gasteiger partial charge < -0.3 is 14.8 Å². The molecule has 1 amide bonds. The molecular weight excluding hydrogens is 507 g/mol. The molecule has 0 spiro atoms. The van der Waals surface area contributed by atoms with E-state index >= 15 is 0 Å². The zero-order chi connectivity index (χ0) is 25.0. The number of nitrogens with zero attached hydrogens (tertiary/aromatic N) is 4. The Kier molecular flexibility index (Phi) is 7.74. The molecule has 1 saturated heterocycles. The lowest BCUT2D eigenvalue weighted by Gasteiger charge is -2.26. The number of carbonyl (C=O) groups excluding carboxylic acids is 2. The lowest BCUT2D eigenvalue weighted by Crippen LogP contribution is -2.41. The van der Waals surface area contributed by atoms with Gasteiger partial charge in [0.2, 0.25) is 5.91 Å². The topological polar surface area (TPSA) is 107 Å². The molecule has 14 heteroatoms. The SMILES string of the molecule is Cc1scnc1-c1nnc(CC(=O)c2ccc(OC(F)(F)F)c(NC(=O)CN3CCOCC3)c2)s1. The van der Waals surface area contributed by atoms with Crippen molar-refractivity contribution in [3.63, 3.8) is 0 Å². The fourth-order valence-electron chi connectivity index (χ4n) is 3.34. The number of hydrogen-bond donors (Lipinski definition) is 1. The number of carbonyl (C=O) groups is 2. The molecule has 35 heavy (non-hydrogen) atoms. The van der Waals surface area contributed by atoms with Gasteiger partial charge in [0, 0.05) is 23.5 Å². The number of ketones is 1. The number of thiazole rings is 1. The molecule has 1 aliphatic rings. The molecule has 0 aliphatic carbocycles. The number of morpholine rings is 1. The number of anilines is 1. The van der Waals surface area contributed by atoms with E-state index in [1.807, 2.05) is 11.8 Å². The van der Waals surface area contributed by atoms with E-state index < -0.39 is 23.8 Å². The molecule has 3 heterocycles. The minimum absolute atomic E-state index is 0.0312. The van der Waals surface area contributed by atoms with Crippen molar-refractivity contribution < 1.29 is 32.2 Å². The third-order valence-corrected chi connectivity index (χ3v) is 6.69. The third-order valence-electron chi connectivity index (χ3n) is 5.00. The van der Waals surface area contributed by atoms with Gasteiger partial charge in [-0.3, -0.25) is 14.5 Å². The summed E-state index contributed by atoms with van der Waals surface area (Å²) in [6.07, 6.45) is -5.08. The van der Waals surface area contributed by atoms with Gasteiger partial charge in [0.25, 0.3) is 0 Å². The van der Waals surface area contributed by atoms with E-state index in [2.05, 4.69) is 25.2 Å². The Hall–Kier alpha value is -2.94. The summed E-state index contributed by atoms with van der Waals surface area (Å²) in [5.41, 5.74) is 2.24. The third kappa shape index (κ3) is 6.81. The maximum Gasteiger partial charge on any atom is 0.573 e. The number of hydrogen-bond acceptors (Lipinski definition) is 10. The van der Waals surface area contributed by atoms with Gasteiger partial charge in [-0.1, -0.05) is 11.3 Å². The Balaban J connectivity index is 1.50. The van der Waals surface area contributed by atoms with Crippen LogP contribution in [-0.2, 0) is 16.0 Å². The number of ether oxygens (including phenoxy) is 2. The normalized spacial score (nSPS) is 14.6. The molecule has 186 valence electrons. The largest absolute Gasteiger partial charge is 0.573 e. The zero-order valence-electron chi connectivity index (χ0n) is 18.4. The average Bonchev–Trinajstić information content (AvgIpc) is 3.43. The second kappa shape index (κ2) is 10.8. The summed E-state index contributed by atoms with van der Waals surface area (Å²) in [6, 6.07) is 3.40. The van der Waals surface area contributed by atoms with Crippen LogP contribution in [0.1, 0.15) is 20.2 Å². The van der Waals surface area contributed by atoms with Crippen LogP contribution in [0.5, 0.6) is 5.75 Å². The summed E-state index contributed by atoms with van der Waals surface area (Å²) >= 11 is 2.68. The van der Waals surface area contributed by atoms with Crippen molar-refractivity contribution in [1.29, 1.82) is 0 Å². The van der Waals surface area contributed by atoms with Crippen LogP contribution in [0.2, 0.25) is 0 Å². The fraction of sp³-hybridized carbons (Fsp3) is 0.381. The minimum atomic E-state index is -4.97. The lowest BCUT2D eigenvalue weighted by molar-refractivity contribution is -0.274. The molecule has 1 N–H and O–H groups in total. The standard InChI is InChI=1S/C21H20F3N5O4S2/c1-12-19(25-11-34-12)20-28-27-18(35-20)9-15(30)13-2-3-16(33-21(22,23)24)14(8-13)26-17(31)10-29-4-6-32-7-5-29/h2-3,8,11H,4-7,9-10H2,1H3,(H,26,31).